The molecule has 1 aromatic carbocycles. The van der Waals surface area contributed by atoms with Crippen molar-refractivity contribution >= 4 is 27.5 Å². The number of pyridine rings is 1. The highest BCUT2D eigenvalue weighted by Crippen LogP contribution is 2.40. The molecule has 2 aromatic rings. The molecule has 0 atom stereocenters. The van der Waals surface area contributed by atoms with Crippen molar-refractivity contribution in [3.63, 3.8) is 0 Å². The second-order valence-corrected chi connectivity index (χ2v) is 7.57. The molecule has 8 nitrogen and oxygen atoms in total. The number of nitriles is 1. The van der Waals surface area contributed by atoms with Gasteiger partial charge in [0.2, 0.25) is 17.7 Å². The summed E-state index contributed by atoms with van der Waals surface area (Å²) in [7, 11) is -2.53. The number of thiol groups is 1. The predicted molar refractivity (Wildman–Crippen MR) is 100 cm³/mol. The fourth-order valence-corrected chi connectivity index (χ4v) is 4.11. The average molecular weight is 388 g/mol. The van der Waals surface area contributed by atoms with E-state index in [-0.39, 0.29) is 6.79 Å². The molecular formula is C18H20N4O4S. The summed E-state index contributed by atoms with van der Waals surface area (Å²) in [4.78, 5) is 6.63. The van der Waals surface area contributed by atoms with Gasteiger partial charge in [0.15, 0.2) is 11.5 Å². The maximum absolute atomic E-state index is 10.6. The van der Waals surface area contributed by atoms with E-state index in [0.29, 0.717) is 29.5 Å². The van der Waals surface area contributed by atoms with Crippen LogP contribution in [0.3, 0.4) is 0 Å². The van der Waals surface area contributed by atoms with Gasteiger partial charge in [0.25, 0.3) is 0 Å². The van der Waals surface area contributed by atoms with E-state index < -0.39 is 10.9 Å². The highest BCUT2D eigenvalue weighted by molar-refractivity contribution is 7.70. The van der Waals surface area contributed by atoms with Crippen LogP contribution < -0.4 is 19.1 Å². The zero-order valence-corrected chi connectivity index (χ0v) is 15.6. The molecule has 0 unspecified atom stereocenters. The minimum atomic E-state index is -2.53. The van der Waals surface area contributed by atoms with Gasteiger partial charge in [-0.15, -0.1) is 0 Å². The minimum Gasteiger partial charge on any atom is -0.454 e. The van der Waals surface area contributed by atoms with Crippen molar-refractivity contribution in [1.29, 1.82) is 5.26 Å². The van der Waals surface area contributed by atoms with E-state index in [4.69, 9.17) is 9.47 Å². The molecule has 1 fully saturated rings. The zero-order valence-electron chi connectivity index (χ0n) is 14.7. The van der Waals surface area contributed by atoms with Gasteiger partial charge < -0.3 is 14.4 Å². The number of fused-ring (bicyclic) bond motifs is 2. The maximum atomic E-state index is 10.6. The summed E-state index contributed by atoms with van der Waals surface area (Å²) < 4.78 is 34.6. The van der Waals surface area contributed by atoms with Crippen LogP contribution in [-0.4, -0.2) is 39.8 Å². The number of aromatic nitrogens is 1. The van der Waals surface area contributed by atoms with E-state index in [2.05, 4.69) is 20.7 Å². The van der Waals surface area contributed by atoms with E-state index >= 15 is 0 Å². The van der Waals surface area contributed by atoms with Crippen molar-refractivity contribution in [2.75, 3.05) is 31.3 Å². The molecule has 0 amide bonds. The summed E-state index contributed by atoms with van der Waals surface area (Å²) in [5.74, 6) is 1.82. The predicted octanol–water partition coefficient (Wildman–Crippen LogP) is 1.56. The van der Waals surface area contributed by atoms with Crippen LogP contribution in [0.25, 0.3) is 10.9 Å². The van der Waals surface area contributed by atoms with Crippen molar-refractivity contribution < 1.29 is 17.9 Å². The Kier molecular flexibility index (Phi) is 5.01. The number of ether oxygens (including phenoxy) is 2. The van der Waals surface area contributed by atoms with Crippen molar-refractivity contribution in [1.82, 2.24) is 9.71 Å². The molecular weight excluding hydrogens is 368 g/mol. The lowest BCUT2D eigenvalue weighted by Crippen LogP contribution is -2.35. The number of rotatable bonds is 5. The van der Waals surface area contributed by atoms with Gasteiger partial charge in [0, 0.05) is 37.3 Å². The number of piperidine rings is 1. The number of hydrogen-bond donors (Lipinski definition) is 2. The number of nitrogens with zero attached hydrogens (tertiary/aromatic N) is 3. The normalized spacial score (nSPS) is 16.8. The Labute approximate surface area is 158 Å². The van der Waals surface area contributed by atoms with E-state index in [1.165, 1.54) is 0 Å². The van der Waals surface area contributed by atoms with Gasteiger partial charge in [-0.2, -0.15) is 5.26 Å². The Hall–Kier alpha value is -2.57. The monoisotopic (exact) mass is 388 g/mol. The third kappa shape index (κ3) is 3.63. The number of anilines is 1. The summed E-state index contributed by atoms with van der Waals surface area (Å²) >= 11 is 0. The molecule has 3 heterocycles. The van der Waals surface area contributed by atoms with Crippen LogP contribution in [0.15, 0.2) is 18.3 Å². The Bertz CT molecular complexity index is 969. The summed E-state index contributed by atoms with van der Waals surface area (Å²) in [6.07, 6.45) is 4.35. The first-order chi connectivity index (χ1) is 13.2. The van der Waals surface area contributed by atoms with E-state index in [0.717, 1.165) is 48.9 Å². The quantitative estimate of drug-likeness (QED) is 0.749. The molecule has 142 valence electrons. The van der Waals surface area contributed by atoms with Crippen LogP contribution in [0, 0.1) is 17.2 Å². The largest absolute Gasteiger partial charge is 0.454 e. The standard InChI is InChI=1S/C18H20N4O4S/c19-9-13-10-20-15-8-17-16(25-11-26-17)7-14(15)18(13)22-5-2-12(3-6-22)1-4-21-27(23)24/h7-8,10,12,27H,1-6,11H2,(H,21,23,24). The van der Waals surface area contributed by atoms with Crippen LogP contribution in [0.2, 0.25) is 0 Å². The first-order valence-corrected chi connectivity index (χ1v) is 10.1. The van der Waals surface area contributed by atoms with Gasteiger partial charge in [-0.25, -0.2) is 13.1 Å². The topological polar surface area (TPSA) is 105 Å². The van der Waals surface area contributed by atoms with Crippen LogP contribution in [0.5, 0.6) is 11.5 Å². The van der Waals surface area contributed by atoms with Gasteiger partial charge in [-0.3, -0.25) is 4.98 Å². The van der Waals surface area contributed by atoms with Gasteiger partial charge >= 0.3 is 0 Å². The van der Waals surface area contributed by atoms with Crippen molar-refractivity contribution in [3.05, 3.63) is 23.9 Å². The maximum Gasteiger partial charge on any atom is 0.231 e. The summed E-state index contributed by atoms with van der Waals surface area (Å²) in [5.41, 5.74) is 2.21. The second kappa shape index (κ2) is 7.58. The molecule has 27 heavy (non-hydrogen) atoms. The molecule has 0 saturated carbocycles. The first-order valence-electron chi connectivity index (χ1n) is 8.91. The molecule has 2 aliphatic heterocycles. The molecule has 4 rings (SSSR count). The Balaban J connectivity index is 1.57. The molecule has 2 aliphatic rings. The average Bonchev–Trinajstić information content (AvgIpc) is 3.13. The molecule has 0 radical (unpaired) electrons. The fourth-order valence-electron chi connectivity index (χ4n) is 3.80. The number of hydrogen-bond acceptors (Lipinski definition) is 7. The van der Waals surface area contributed by atoms with Crippen molar-refractivity contribution in [2.45, 2.75) is 19.3 Å². The SMILES string of the molecule is N#Cc1cnc2cc3c(cc2c1N1CCC(CCN[SH](=O)=O)CC1)OCO3. The van der Waals surface area contributed by atoms with E-state index in [9.17, 15) is 13.7 Å². The van der Waals surface area contributed by atoms with Crippen LogP contribution in [0.4, 0.5) is 5.69 Å². The lowest BCUT2D eigenvalue weighted by atomic mass is 9.92. The second-order valence-electron chi connectivity index (χ2n) is 6.74. The van der Waals surface area contributed by atoms with E-state index in [1.54, 1.807) is 6.20 Å². The highest BCUT2D eigenvalue weighted by atomic mass is 32.2. The molecule has 1 aromatic heterocycles. The number of nitrogens with one attached hydrogen (secondary N) is 1. The third-order valence-corrected chi connectivity index (χ3v) is 5.66. The molecule has 0 spiro atoms. The Morgan fingerprint density at radius 2 is 2.00 bits per heavy atom. The van der Waals surface area contributed by atoms with Crippen molar-refractivity contribution in [3.8, 4) is 17.6 Å². The first kappa shape index (κ1) is 17.8. The molecule has 9 heteroatoms. The van der Waals surface area contributed by atoms with Crippen LogP contribution >= 0.6 is 0 Å². The van der Waals surface area contributed by atoms with Gasteiger partial charge in [-0.1, -0.05) is 0 Å². The lowest BCUT2D eigenvalue weighted by Gasteiger charge is -2.34. The molecule has 1 N–H and O–H groups in total. The summed E-state index contributed by atoms with van der Waals surface area (Å²) in [6, 6.07) is 6.01. The van der Waals surface area contributed by atoms with Crippen molar-refractivity contribution in [2.24, 2.45) is 5.92 Å². The van der Waals surface area contributed by atoms with Gasteiger partial charge in [0.1, 0.15) is 6.07 Å². The lowest BCUT2D eigenvalue weighted by molar-refractivity contribution is 0.174. The van der Waals surface area contributed by atoms with Gasteiger partial charge in [0.05, 0.1) is 16.8 Å². The molecule has 1 saturated heterocycles. The zero-order chi connectivity index (χ0) is 18.8. The summed E-state index contributed by atoms with van der Waals surface area (Å²) in [6.45, 7) is 2.31. The molecule has 0 aliphatic carbocycles. The Morgan fingerprint density at radius 3 is 2.70 bits per heavy atom. The Morgan fingerprint density at radius 1 is 1.26 bits per heavy atom. The van der Waals surface area contributed by atoms with E-state index in [1.807, 2.05) is 12.1 Å². The number of benzene rings is 1. The van der Waals surface area contributed by atoms with Crippen LogP contribution in [-0.2, 0) is 10.9 Å². The third-order valence-electron chi connectivity index (χ3n) is 5.18. The minimum absolute atomic E-state index is 0.195. The smallest absolute Gasteiger partial charge is 0.231 e. The van der Waals surface area contributed by atoms with Gasteiger partial charge in [-0.05, 0) is 31.2 Å². The van der Waals surface area contributed by atoms with Crippen LogP contribution in [0.1, 0.15) is 24.8 Å². The molecule has 0 bridgehead atoms. The highest BCUT2D eigenvalue weighted by Gasteiger charge is 2.25. The summed E-state index contributed by atoms with van der Waals surface area (Å²) in [5, 5.41) is 10.5. The fraction of sp³-hybridized carbons (Fsp3) is 0.444.